The zero-order valence-corrected chi connectivity index (χ0v) is 15.3. The first kappa shape index (κ1) is 17.4. The quantitative estimate of drug-likeness (QED) is 0.616. The van der Waals surface area contributed by atoms with Gasteiger partial charge in [0, 0.05) is 51.7 Å². The fourth-order valence-corrected chi connectivity index (χ4v) is 3.34. The van der Waals surface area contributed by atoms with E-state index >= 15 is 0 Å². The lowest BCUT2D eigenvalue weighted by Crippen LogP contribution is -2.44. The number of piperazine rings is 1. The molecule has 1 aliphatic rings. The summed E-state index contributed by atoms with van der Waals surface area (Å²) in [6, 6.07) is 5.34. The highest BCUT2D eigenvalue weighted by Crippen LogP contribution is 2.22. The molecule has 5 nitrogen and oxygen atoms in total. The smallest absolute Gasteiger partial charge is 0.212 e. The molecule has 1 aliphatic heterocycles. The van der Waals surface area contributed by atoms with Crippen LogP contribution < -0.4 is 0 Å². The number of aromatic nitrogens is 2. The summed E-state index contributed by atoms with van der Waals surface area (Å²) in [5.74, 6) is -0.142. The first-order chi connectivity index (χ1) is 11.5. The number of halogens is 2. The monoisotopic (exact) mass is 366 g/mol. The van der Waals surface area contributed by atoms with Crippen molar-refractivity contribution in [3.8, 4) is 0 Å². The zero-order chi connectivity index (χ0) is 17.3. The van der Waals surface area contributed by atoms with E-state index in [9.17, 15) is 4.79 Å². The van der Waals surface area contributed by atoms with E-state index in [-0.39, 0.29) is 10.9 Å². The van der Waals surface area contributed by atoms with Crippen LogP contribution in [0.2, 0.25) is 10.2 Å². The molecule has 0 aliphatic carbocycles. The predicted octanol–water partition coefficient (Wildman–Crippen LogP) is 2.71. The van der Waals surface area contributed by atoms with Gasteiger partial charge in [0.2, 0.25) is 5.78 Å². The van der Waals surface area contributed by atoms with Crippen molar-refractivity contribution < 1.29 is 4.79 Å². The summed E-state index contributed by atoms with van der Waals surface area (Å²) >= 11 is 11.9. The Morgan fingerprint density at radius 1 is 1.17 bits per heavy atom. The van der Waals surface area contributed by atoms with Gasteiger partial charge in [-0.2, -0.15) is 0 Å². The largest absolute Gasteiger partial charge is 0.344 e. The van der Waals surface area contributed by atoms with Crippen LogP contribution in [0, 0.1) is 0 Å². The third-order valence-corrected chi connectivity index (χ3v) is 5.02. The van der Waals surface area contributed by atoms with Crippen molar-refractivity contribution >= 4 is 29.0 Å². The van der Waals surface area contributed by atoms with Gasteiger partial charge in [0.15, 0.2) is 0 Å². The van der Waals surface area contributed by atoms with E-state index < -0.39 is 0 Å². The van der Waals surface area contributed by atoms with Gasteiger partial charge in [-0.05, 0) is 25.2 Å². The molecule has 1 fully saturated rings. The molecule has 2 aromatic rings. The normalized spacial score (nSPS) is 16.5. The fourth-order valence-electron chi connectivity index (χ4n) is 2.89. The van der Waals surface area contributed by atoms with Crippen molar-refractivity contribution in [3.05, 3.63) is 51.5 Å². The molecular formula is C17H20Cl2N4O. The highest BCUT2D eigenvalue weighted by molar-refractivity contribution is 6.36. The lowest BCUT2D eigenvalue weighted by molar-refractivity contribution is 0.103. The standard InChI is InChI=1S/C17H20Cl2N4O/c1-21-5-7-23(8-6-21)11-12-3-4-15(22(12)2)17(24)13-10-20-16(19)9-14(13)18/h3-4,9-10H,5-8,11H2,1-2H3. The van der Waals surface area contributed by atoms with Crippen molar-refractivity contribution in [2.45, 2.75) is 6.54 Å². The molecule has 0 atom stereocenters. The van der Waals surface area contributed by atoms with Gasteiger partial charge in [-0.1, -0.05) is 23.2 Å². The molecule has 7 heteroatoms. The number of hydrogen-bond acceptors (Lipinski definition) is 4. The van der Waals surface area contributed by atoms with E-state index in [1.165, 1.54) is 12.3 Å². The Bertz CT molecular complexity index is 751. The molecule has 128 valence electrons. The van der Waals surface area contributed by atoms with Gasteiger partial charge in [-0.25, -0.2) is 4.98 Å². The Kier molecular flexibility index (Phi) is 5.25. The maximum absolute atomic E-state index is 12.7. The molecule has 0 spiro atoms. The molecule has 0 aromatic carbocycles. The summed E-state index contributed by atoms with van der Waals surface area (Å²) in [4.78, 5) is 21.4. The summed E-state index contributed by atoms with van der Waals surface area (Å²) < 4.78 is 1.94. The van der Waals surface area contributed by atoms with Gasteiger partial charge >= 0.3 is 0 Å². The number of hydrogen-bond donors (Lipinski definition) is 0. The second-order valence-electron chi connectivity index (χ2n) is 6.16. The first-order valence-corrected chi connectivity index (χ1v) is 8.62. The minimum Gasteiger partial charge on any atom is -0.344 e. The Balaban J connectivity index is 1.78. The van der Waals surface area contributed by atoms with E-state index in [1.807, 2.05) is 23.7 Å². The summed E-state index contributed by atoms with van der Waals surface area (Å²) in [5.41, 5.74) is 2.08. The maximum Gasteiger partial charge on any atom is 0.212 e. The van der Waals surface area contributed by atoms with Crippen molar-refractivity contribution in [1.82, 2.24) is 19.4 Å². The highest BCUT2D eigenvalue weighted by Gasteiger charge is 2.20. The molecule has 0 amide bonds. The third-order valence-electron chi connectivity index (χ3n) is 4.50. The first-order valence-electron chi connectivity index (χ1n) is 7.87. The van der Waals surface area contributed by atoms with Crippen LogP contribution in [-0.4, -0.2) is 58.4 Å². The average Bonchev–Trinajstić information content (AvgIpc) is 2.90. The van der Waals surface area contributed by atoms with Gasteiger partial charge in [0.05, 0.1) is 16.3 Å². The summed E-state index contributed by atoms with van der Waals surface area (Å²) in [7, 11) is 4.05. The van der Waals surface area contributed by atoms with Gasteiger partial charge in [0.25, 0.3) is 0 Å². The molecular weight excluding hydrogens is 347 g/mol. The summed E-state index contributed by atoms with van der Waals surface area (Å²) in [6.45, 7) is 5.06. The van der Waals surface area contributed by atoms with Gasteiger partial charge < -0.3 is 9.47 Å². The van der Waals surface area contributed by atoms with Crippen LogP contribution in [0.1, 0.15) is 21.7 Å². The van der Waals surface area contributed by atoms with Crippen molar-refractivity contribution in [1.29, 1.82) is 0 Å². The number of rotatable bonds is 4. The van der Waals surface area contributed by atoms with Crippen LogP contribution in [0.15, 0.2) is 24.4 Å². The summed E-state index contributed by atoms with van der Waals surface area (Å²) in [6.07, 6.45) is 1.43. The van der Waals surface area contributed by atoms with Crippen LogP contribution in [0.3, 0.4) is 0 Å². The Morgan fingerprint density at radius 3 is 2.54 bits per heavy atom. The molecule has 2 aromatic heterocycles. The molecule has 0 N–H and O–H groups in total. The molecule has 24 heavy (non-hydrogen) atoms. The Morgan fingerprint density at radius 2 is 1.88 bits per heavy atom. The second-order valence-corrected chi connectivity index (χ2v) is 6.96. The number of pyridine rings is 1. The number of carbonyl (C=O) groups excluding carboxylic acids is 1. The topological polar surface area (TPSA) is 41.4 Å². The van der Waals surface area contributed by atoms with Crippen LogP contribution in [0.5, 0.6) is 0 Å². The van der Waals surface area contributed by atoms with Crippen molar-refractivity contribution in [3.63, 3.8) is 0 Å². The van der Waals surface area contributed by atoms with Gasteiger partial charge in [-0.3, -0.25) is 9.69 Å². The van der Waals surface area contributed by atoms with Gasteiger partial charge in [0.1, 0.15) is 5.15 Å². The number of ketones is 1. The van der Waals surface area contributed by atoms with E-state index in [0.717, 1.165) is 38.4 Å². The minimum atomic E-state index is -0.142. The molecule has 3 rings (SSSR count). The Labute approximate surface area is 151 Å². The molecule has 0 saturated carbocycles. The lowest BCUT2D eigenvalue weighted by Gasteiger charge is -2.32. The van der Waals surface area contributed by atoms with E-state index in [4.69, 9.17) is 23.2 Å². The third kappa shape index (κ3) is 3.64. The second kappa shape index (κ2) is 7.23. The molecule has 0 bridgehead atoms. The van der Waals surface area contributed by atoms with Crippen LogP contribution >= 0.6 is 23.2 Å². The van der Waals surface area contributed by atoms with Crippen molar-refractivity contribution in [2.75, 3.05) is 33.2 Å². The van der Waals surface area contributed by atoms with E-state index in [1.54, 1.807) is 0 Å². The molecule has 1 saturated heterocycles. The van der Waals surface area contributed by atoms with Gasteiger partial charge in [-0.15, -0.1) is 0 Å². The maximum atomic E-state index is 12.7. The van der Waals surface area contributed by atoms with Crippen LogP contribution in [0.25, 0.3) is 0 Å². The lowest BCUT2D eigenvalue weighted by atomic mass is 10.1. The minimum absolute atomic E-state index is 0.142. The highest BCUT2D eigenvalue weighted by atomic mass is 35.5. The molecule has 0 unspecified atom stereocenters. The van der Waals surface area contributed by atoms with Crippen molar-refractivity contribution in [2.24, 2.45) is 7.05 Å². The zero-order valence-electron chi connectivity index (χ0n) is 13.8. The SMILES string of the molecule is CN1CCN(Cc2ccc(C(=O)c3cnc(Cl)cc3Cl)n2C)CC1. The Hall–Kier alpha value is -1.40. The number of carbonyl (C=O) groups is 1. The summed E-state index contributed by atoms with van der Waals surface area (Å²) in [5, 5.41) is 0.598. The number of likely N-dealkylation sites (N-methyl/N-ethyl adjacent to an activating group) is 1. The predicted molar refractivity (Wildman–Crippen MR) is 95.9 cm³/mol. The molecule has 3 heterocycles. The fraction of sp³-hybridized carbons (Fsp3) is 0.412. The van der Waals surface area contributed by atoms with Crippen LogP contribution in [-0.2, 0) is 13.6 Å². The number of nitrogens with zero attached hydrogens (tertiary/aromatic N) is 4. The molecule has 0 radical (unpaired) electrons. The van der Waals surface area contributed by atoms with E-state index in [2.05, 4.69) is 21.8 Å². The average molecular weight is 367 g/mol. The van der Waals surface area contributed by atoms with E-state index in [0.29, 0.717) is 16.3 Å². The van der Waals surface area contributed by atoms with Crippen LogP contribution in [0.4, 0.5) is 0 Å².